The number of aromatic nitrogens is 4. The number of hydrogen-bond donors (Lipinski definition) is 1. The summed E-state index contributed by atoms with van der Waals surface area (Å²) in [5, 5.41) is 3.21. The van der Waals surface area contributed by atoms with Gasteiger partial charge in [-0.1, -0.05) is 6.92 Å². The molecule has 38 heavy (non-hydrogen) atoms. The average Bonchev–Trinajstić information content (AvgIpc) is 3.87. The van der Waals surface area contributed by atoms with Crippen molar-refractivity contribution in [3.8, 4) is 11.4 Å². The molecule has 2 aliphatic carbocycles. The maximum Gasteiger partial charge on any atom is 0.185 e. The zero-order valence-electron chi connectivity index (χ0n) is 22.8. The van der Waals surface area contributed by atoms with Crippen LogP contribution >= 0.6 is 0 Å². The smallest absolute Gasteiger partial charge is 0.185 e. The third-order valence-electron chi connectivity index (χ3n) is 7.95. The minimum Gasteiger partial charge on any atom is -0.355 e. The van der Waals surface area contributed by atoms with E-state index in [1.165, 1.54) is 12.8 Å². The Labute approximate surface area is 227 Å². The summed E-state index contributed by atoms with van der Waals surface area (Å²) in [5.41, 5.74) is 3.45. The van der Waals surface area contributed by atoms with Gasteiger partial charge in [-0.05, 0) is 57.8 Å². The number of nitrogens with one attached hydrogen (secondary N) is 1. The fourth-order valence-electron chi connectivity index (χ4n) is 5.16. The number of anilines is 2. The van der Waals surface area contributed by atoms with E-state index in [2.05, 4.69) is 39.1 Å². The van der Waals surface area contributed by atoms with Crippen molar-refractivity contribution < 1.29 is 9.00 Å². The molecule has 1 saturated heterocycles. The van der Waals surface area contributed by atoms with Crippen LogP contribution in [0.25, 0.3) is 11.4 Å². The summed E-state index contributed by atoms with van der Waals surface area (Å²) < 4.78 is 14.1. The molecule has 2 saturated carbocycles. The predicted molar refractivity (Wildman–Crippen MR) is 151 cm³/mol. The number of hydrogen-bond acceptors (Lipinski definition) is 8. The highest BCUT2D eigenvalue weighted by Gasteiger charge is 2.34. The van der Waals surface area contributed by atoms with Crippen molar-refractivity contribution >= 4 is 34.6 Å². The van der Waals surface area contributed by atoms with Gasteiger partial charge in [-0.25, -0.2) is 28.5 Å². The largest absolute Gasteiger partial charge is 0.355 e. The molecule has 3 aliphatic rings. The summed E-state index contributed by atoms with van der Waals surface area (Å²) >= 11 is 0. The Morgan fingerprint density at radius 1 is 1.26 bits per heavy atom. The van der Waals surface area contributed by atoms with E-state index in [-0.39, 0.29) is 11.8 Å². The second-order valence-electron chi connectivity index (χ2n) is 10.7. The van der Waals surface area contributed by atoms with Gasteiger partial charge in [-0.2, -0.15) is 0 Å². The van der Waals surface area contributed by atoms with Crippen LogP contribution < -0.4 is 10.2 Å². The topological polar surface area (TPSA) is 117 Å². The molecule has 0 radical (unpaired) electrons. The molecule has 1 N–H and O–H groups in total. The van der Waals surface area contributed by atoms with E-state index >= 15 is 0 Å². The third kappa shape index (κ3) is 5.93. The minimum atomic E-state index is -0.935. The number of carbonyl (C=O) groups excluding carboxylic acids is 1. The maximum absolute atomic E-state index is 12.1. The quantitative estimate of drug-likeness (QED) is 0.263. The second kappa shape index (κ2) is 11.5. The van der Waals surface area contributed by atoms with Crippen LogP contribution in [0, 0.1) is 18.8 Å². The summed E-state index contributed by atoms with van der Waals surface area (Å²) in [6.07, 6.45) is 9.73. The number of aldehydes is 1. The summed E-state index contributed by atoms with van der Waals surface area (Å²) in [4.78, 5) is 37.5. The molecular weight excluding hydrogens is 500 g/mol. The average molecular weight is 539 g/mol. The number of nitrogens with zero attached hydrogens (tertiary/aromatic N) is 7. The van der Waals surface area contributed by atoms with Gasteiger partial charge in [0.1, 0.15) is 12.0 Å². The van der Waals surface area contributed by atoms with Crippen LogP contribution in [0.3, 0.4) is 0 Å². The molecule has 0 bridgehead atoms. The Morgan fingerprint density at radius 3 is 2.74 bits per heavy atom. The molecule has 204 valence electrons. The molecule has 2 aromatic heterocycles. The molecular formula is C27H38N8O2S. The van der Waals surface area contributed by atoms with Crippen LogP contribution in [0.1, 0.15) is 63.3 Å². The van der Waals surface area contributed by atoms with E-state index in [0.717, 1.165) is 61.4 Å². The van der Waals surface area contributed by atoms with Crippen LogP contribution in [0.5, 0.6) is 0 Å². The standard InChI is InChI=1S/C27H38N8O2S/c1-5-38(37)35-11-10-19(14-35)12-28-23(15-36)32-22-13-29-26(33-27(22)34(4)18(3)20-6-7-20)24-17(2)30-16-31-25(24)21-8-9-21/h13,15-16,18-21H,5-12,14H2,1-4H3,(H,28,32). The van der Waals surface area contributed by atoms with Crippen molar-refractivity contribution in [1.82, 2.24) is 24.2 Å². The molecule has 11 heteroatoms. The van der Waals surface area contributed by atoms with Crippen molar-refractivity contribution in [2.45, 2.75) is 64.8 Å². The fraction of sp³-hybridized carbons (Fsp3) is 0.630. The minimum absolute atomic E-state index is 0.253. The van der Waals surface area contributed by atoms with Crippen molar-refractivity contribution in [2.24, 2.45) is 16.8 Å². The lowest BCUT2D eigenvalue weighted by Crippen LogP contribution is -2.32. The first-order valence-corrected chi connectivity index (χ1v) is 15.0. The molecule has 1 aliphatic heterocycles. The first-order valence-electron chi connectivity index (χ1n) is 13.7. The maximum atomic E-state index is 12.1. The van der Waals surface area contributed by atoms with Crippen LogP contribution in [0.2, 0.25) is 0 Å². The molecule has 3 heterocycles. The highest BCUT2D eigenvalue weighted by atomic mass is 32.2. The first-order chi connectivity index (χ1) is 18.4. The Hall–Kier alpha value is -2.79. The summed E-state index contributed by atoms with van der Waals surface area (Å²) in [5.74, 6) is 3.57. The Bertz CT molecular complexity index is 1230. The fourth-order valence-corrected chi connectivity index (χ4v) is 6.21. The second-order valence-corrected chi connectivity index (χ2v) is 12.5. The molecule has 2 aromatic rings. The van der Waals surface area contributed by atoms with Gasteiger partial charge in [0.2, 0.25) is 0 Å². The summed E-state index contributed by atoms with van der Waals surface area (Å²) in [6.45, 7) is 8.18. The van der Waals surface area contributed by atoms with Gasteiger partial charge in [0.05, 0.1) is 34.1 Å². The van der Waals surface area contributed by atoms with Crippen molar-refractivity contribution in [3.63, 3.8) is 0 Å². The highest BCUT2D eigenvalue weighted by Crippen LogP contribution is 2.44. The Kier molecular flexibility index (Phi) is 8.13. The van der Waals surface area contributed by atoms with Crippen molar-refractivity contribution in [1.29, 1.82) is 0 Å². The molecule has 10 nitrogen and oxygen atoms in total. The predicted octanol–water partition coefficient (Wildman–Crippen LogP) is 3.37. The van der Waals surface area contributed by atoms with Gasteiger partial charge in [0.25, 0.3) is 0 Å². The van der Waals surface area contributed by atoms with Crippen LogP contribution in [-0.4, -0.2) is 79.0 Å². The highest BCUT2D eigenvalue weighted by molar-refractivity contribution is 7.82. The monoisotopic (exact) mass is 538 g/mol. The molecule has 0 spiro atoms. The molecule has 5 rings (SSSR count). The normalized spacial score (nSPS) is 21.8. The summed E-state index contributed by atoms with van der Waals surface area (Å²) in [6, 6.07) is 0.301. The number of carbonyl (C=O) groups is 1. The molecule has 3 fully saturated rings. The third-order valence-corrected chi connectivity index (χ3v) is 9.35. The van der Waals surface area contributed by atoms with E-state index in [1.54, 1.807) is 12.5 Å². The molecule has 3 atom stereocenters. The van der Waals surface area contributed by atoms with E-state index < -0.39 is 11.0 Å². The van der Waals surface area contributed by atoms with Gasteiger partial charge in [-0.3, -0.25) is 9.79 Å². The van der Waals surface area contributed by atoms with Gasteiger partial charge in [0, 0.05) is 44.4 Å². The number of rotatable bonds is 11. The van der Waals surface area contributed by atoms with Crippen molar-refractivity contribution in [2.75, 3.05) is 42.7 Å². The van der Waals surface area contributed by atoms with Gasteiger partial charge in [-0.15, -0.1) is 0 Å². The Balaban J connectivity index is 1.41. The Morgan fingerprint density at radius 2 is 2.05 bits per heavy atom. The van der Waals surface area contributed by atoms with Gasteiger partial charge < -0.3 is 10.2 Å². The van der Waals surface area contributed by atoms with Crippen LogP contribution in [0.4, 0.5) is 11.5 Å². The first kappa shape index (κ1) is 26.8. The lowest BCUT2D eigenvalue weighted by molar-refractivity contribution is -0.102. The summed E-state index contributed by atoms with van der Waals surface area (Å²) in [7, 11) is 1.12. The number of aliphatic imine (C=N–C) groups is 1. The number of aryl methyl sites for hydroxylation is 1. The van der Waals surface area contributed by atoms with Gasteiger partial charge >= 0.3 is 0 Å². The zero-order chi connectivity index (χ0) is 26.8. The van der Waals surface area contributed by atoms with Crippen molar-refractivity contribution in [3.05, 3.63) is 23.9 Å². The molecule has 0 amide bonds. The SMILES string of the molecule is CCS(=O)N1CCC(CN=C(C=O)Nc2cnc(-c3c(C)ncnc3C3CC3)nc2N(C)C(C)C2CC2)C1. The van der Waals surface area contributed by atoms with E-state index in [4.69, 9.17) is 9.97 Å². The lowest BCUT2D eigenvalue weighted by Gasteiger charge is -2.28. The molecule has 0 aromatic carbocycles. The van der Waals surface area contributed by atoms with Crippen LogP contribution in [-0.2, 0) is 15.8 Å². The van der Waals surface area contributed by atoms with Gasteiger partial charge in [0.15, 0.2) is 23.8 Å². The molecule has 3 unspecified atom stereocenters. The zero-order valence-corrected chi connectivity index (χ0v) is 23.6. The van der Waals surface area contributed by atoms with Crippen LogP contribution in [0.15, 0.2) is 17.5 Å². The van der Waals surface area contributed by atoms with E-state index in [0.29, 0.717) is 41.7 Å². The van der Waals surface area contributed by atoms with E-state index in [9.17, 15) is 9.00 Å². The number of amidine groups is 1. The lowest BCUT2D eigenvalue weighted by atomic mass is 10.1. The van der Waals surface area contributed by atoms with E-state index in [1.807, 2.05) is 18.2 Å².